The van der Waals surface area contributed by atoms with E-state index in [9.17, 15) is 9.59 Å². The van der Waals surface area contributed by atoms with Gasteiger partial charge in [-0.15, -0.1) is 0 Å². The fourth-order valence-electron chi connectivity index (χ4n) is 5.18. The topological polar surface area (TPSA) is 126 Å². The van der Waals surface area contributed by atoms with Gasteiger partial charge in [-0.3, -0.25) is 14.7 Å². The number of aryl methyl sites for hydroxylation is 2. The van der Waals surface area contributed by atoms with Crippen LogP contribution in [0.25, 0.3) is 0 Å². The molecule has 3 aromatic rings. The number of nitrogens with zero attached hydrogens (tertiary/aromatic N) is 2. The van der Waals surface area contributed by atoms with E-state index in [1.807, 2.05) is 43.3 Å². The quantitative estimate of drug-likeness (QED) is 0.437. The zero-order chi connectivity index (χ0) is 25.3. The van der Waals surface area contributed by atoms with E-state index >= 15 is 0 Å². The second-order valence-corrected chi connectivity index (χ2v) is 9.69. The second kappa shape index (κ2) is 9.62. The average Bonchev–Trinajstić information content (AvgIpc) is 3.31. The molecule has 0 fully saturated rings. The number of aromatic nitrogens is 3. The second-order valence-electron chi connectivity index (χ2n) is 9.69. The van der Waals surface area contributed by atoms with Crippen LogP contribution < -0.4 is 16.4 Å². The molecule has 0 saturated heterocycles. The zero-order valence-corrected chi connectivity index (χ0v) is 21.0. The maximum atomic E-state index is 12.4. The standard InChI is InChI=1S/C27H34N6O2/c1-15(2)23-31-26(33-32-23)27(14-16(3)28)21-10-8-19(24(34)29-4)12-17(21)6-7-18-13-20(25(35)30-5)9-11-22(18)27/h8-13,15-16H,6-7,14,28H2,1-5H3,(H,29,34)(H,30,35)(H,31,32,33)/t16-/m0/s1. The lowest BCUT2D eigenvalue weighted by molar-refractivity contribution is 0.0955. The van der Waals surface area contributed by atoms with E-state index in [4.69, 9.17) is 15.8 Å². The minimum absolute atomic E-state index is 0.130. The fourth-order valence-corrected chi connectivity index (χ4v) is 5.18. The lowest BCUT2D eigenvalue weighted by Crippen LogP contribution is -2.38. The molecule has 5 N–H and O–H groups in total. The van der Waals surface area contributed by atoms with Gasteiger partial charge in [0.2, 0.25) is 0 Å². The maximum Gasteiger partial charge on any atom is 0.251 e. The highest BCUT2D eigenvalue weighted by Gasteiger charge is 2.45. The minimum atomic E-state index is -0.735. The molecule has 8 heteroatoms. The Labute approximate surface area is 206 Å². The van der Waals surface area contributed by atoms with Gasteiger partial charge in [-0.05, 0) is 72.7 Å². The third-order valence-electron chi connectivity index (χ3n) is 6.83. The first-order valence-corrected chi connectivity index (χ1v) is 12.1. The summed E-state index contributed by atoms with van der Waals surface area (Å²) in [6.07, 6.45) is 2.00. The summed E-state index contributed by atoms with van der Waals surface area (Å²) in [5.74, 6) is 1.38. The van der Waals surface area contributed by atoms with Gasteiger partial charge in [-0.2, -0.15) is 5.10 Å². The summed E-state index contributed by atoms with van der Waals surface area (Å²) < 4.78 is 0. The van der Waals surface area contributed by atoms with Crippen molar-refractivity contribution in [2.24, 2.45) is 5.73 Å². The molecular formula is C27H34N6O2. The molecule has 184 valence electrons. The monoisotopic (exact) mass is 474 g/mol. The van der Waals surface area contributed by atoms with E-state index in [0.717, 1.165) is 28.1 Å². The van der Waals surface area contributed by atoms with Crippen LogP contribution in [-0.2, 0) is 18.3 Å². The van der Waals surface area contributed by atoms with Crippen LogP contribution in [0, 0.1) is 0 Å². The van der Waals surface area contributed by atoms with Crippen molar-refractivity contribution < 1.29 is 9.59 Å². The Balaban J connectivity index is 2.05. The molecular weight excluding hydrogens is 440 g/mol. The van der Waals surface area contributed by atoms with Crippen molar-refractivity contribution in [2.45, 2.75) is 57.4 Å². The molecule has 0 bridgehead atoms. The molecule has 35 heavy (non-hydrogen) atoms. The van der Waals surface area contributed by atoms with Crippen molar-refractivity contribution in [1.82, 2.24) is 25.8 Å². The Morgan fingerprint density at radius 2 is 1.49 bits per heavy atom. The summed E-state index contributed by atoms with van der Waals surface area (Å²) in [5.41, 5.74) is 11.2. The molecule has 4 rings (SSSR count). The largest absolute Gasteiger partial charge is 0.355 e. The summed E-state index contributed by atoms with van der Waals surface area (Å²) >= 11 is 0. The first-order valence-electron chi connectivity index (χ1n) is 12.1. The van der Waals surface area contributed by atoms with Gasteiger partial charge in [0.05, 0.1) is 5.41 Å². The van der Waals surface area contributed by atoms with Gasteiger partial charge in [0.15, 0.2) is 5.82 Å². The van der Waals surface area contributed by atoms with E-state index in [-0.39, 0.29) is 23.8 Å². The smallest absolute Gasteiger partial charge is 0.251 e. The van der Waals surface area contributed by atoms with Gasteiger partial charge >= 0.3 is 0 Å². The Kier molecular flexibility index (Phi) is 6.76. The molecule has 1 aliphatic carbocycles. The van der Waals surface area contributed by atoms with Crippen molar-refractivity contribution in [3.8, 4) is 0 Å². The van der Waals surface area contributed by atoms with Gasteiger partial charge in [0, 0.05) is 37.2 Å². The molecule has 0 unspecified atom stereocenters. The summed E-state index contributed by atoms with van der Waals surface area (Å²) in [4.78, 5) is 29.8. The number of carbonyl (C=O) groups is 2. The third kappa shape index (κ3) is 4.34. The number of carbonyl (C=O) groups excluding carboxylic acids is 2. The number of hydrogen-bond acceptors (Lipinski definition) is 5. The summed E-state index contributed by atoms with van der Waals surface area (Å²) in [6, 6.07) is 11.5. The average molecular weight is 475 g/mol. The van der Waals surface area contributed by atoms with Crippen molar-refractivity contribution in [2.75, 3.05) is 14.1 Å². The van der Waals surface area contributed by atoms with Gasteiger partial charge in [-0.25, -0.2) is 4.98 Å². The van der Waals surface area contributed by atoms with E-state index in [2.05, 4.69) is 29.6 Å². The molecule has 8 nitrogen and oxygen atoms in total. The zero-order valence-electron chi connectivity index (χ0n) is 21.0. The van der Waals surface area contributed by atoms with Crippen LogP contribution in [0.1, 0.15) is 87.7 Å². The van der Waals surface area contributed by atoms with E-state index in [0.29, 0.717) is 36.2 Å². The predicted octanol–water partition coefficient (Wildman–Crippen LogP) is 2.82. The lowest BCUT2D eigenvalue weighted by atomic mass is 9.68. The van der Waals surface area contributed by atoms with Gasteiger partial charge in [-0.1, -0.05) is 26.0 Å². The highest BCUT2D eigenvalue weighted by Crippen LogP contribution is 2.47. The molecule has 0 radical (unpaired) electrons. The minimum Gasteiger partial charge on any atom is -0.355 e. The SMILES string of the molecule is CNC(=O)c1ccc2c(c1)CCc1cc(C(=O)NC)ccc1C2(C[C@H](C)N)c1n[nH]c(C(C)C)n1. The highest BCUT2D eigenvalue weighted by atomic mass is 16.2. The van der Waals surface area contributed by atoms with Crippen molar-refractivity contribution >= 4 is 11.8 Å². The van der Waals surface area contributed by atoms with E-state index in [1.54, 1.807) is 14.1 Å². The van der Waals surface area contributed by atoms with Crippen molar-refractivity contribution in [1.29, 1.82) is 0 Å². The Bertz CT molecular complexity index is 1190. The molecule has 1 aromatic heterocycles. The van der Waals surface area contributed by atoms with Crippen LogP contribution in [0.2, 0.25) is 0 Å². The van der Waals surface area contributed by atoms with Crippen LogP contribution in [0.4, 0.5) is 0 Å². The van der Waals surface area contributed by atoms with Crippen LogP contribution >= 0.6 is 0 Å². The van der Waals surface area contributed by atoms with Gasteiger partial charge in [0.25, 0.3) is 11.8 Å². The molecule has 1 aliphatic rings. The van der Waals surface area contributed by atoms with Crippen LogP contribution in [0.5, 0.6) is 0 Å². The first kappa shape index (κ1) is 24.6. The fraction of sp³-hybridized carbons (Fsp3) is 0.407. The summed E-state index contributed by atoms with van der Waals surface area (Å²) in [6.45, 7) is 6.13. The number of H-pyrrole nitrogens is 1. The molecule has 0 aliphatic heterocycles. The third-order valence-corrected chi connectivity index (χ3v) is 6.83. The van der Waals surface area contributed by atoms with Crippen LogP contribution in [0.3, 0.4) is 0 Å². The lowest BCUT2D eigenvalue weighted by Gasteiger charge is -2.36. The first-order chi connectivity index (χ1) is 16.7. The molecule has 0 saturated carbocycles. The van der Waals surface area contributed by atoms with E-state index < -0.39 is 5.41 Å². The normalized spacial score (nSPS) is 15.1. The van der Waals surface area contributed by atoms with E-state index in [1.165, 1.54) is 0 Å². The molecule has 1 atom stereocenters. The van der Waals surface area contributed by atoms with Crippen LogP contribution in [0.15, 0.2) is 36.4 Å². The van der Waals surface area contributed by atoms with Crippen LogP contribution in [-0.4, -0.2) is 47.1 Å². The summed E-state index contributed by atoms with van der Waals surface area (Å²) in [7, 11) is 3.26. The number of nitrogens with two attached hydrogens (primary N) is 1. The maximum absolute atomic E-state index is 12.4. The number of amides is 2. The Morgan fingerprint density at radius 3 is 1.89 bits per heavy atom. The molecule has 2 aromatic carbocycles. The number of aromatic amines is 1. The van der Waals surface area contributed by atoms with Crippen molar-refractivity contribution in [3.05, 3.63) is 81.4 Å². The van der Waals surface area contributed by atoms with Crippen molar-refractivity contribution in [3.63, 3.8) is 0 Å². The molecule has 0 spiro atoms. The van der Waals surface area contributed by atoms with Gasteiger partial charge < -0.3 is 16.4 Å². The molecule has 1 heterocycles. The molecule has 2 amide bonds. The number of benzene rings is 2. The highest BCUT2D eigenvalue weighted by molar-refractivity contribution is 5.95. The summed E-state index contributed by atoms with van der Waals surface area (Å²) in [5, 5.41) is 13.3. The Hall–Kier alpha value is -3.52. The van der Waals surface area contributed by atoms with Gasteiger partial charge in [0.1, 0.15) is 5.82 Å². The predicted molar refractivity (Wildman–Crippen MR) is 136 cm³/mol. The number of nitrogens with one attached hydrogen (secondary N) is 3. The Morgan fingerprint density at radius 1 is 0.971 bits per heavy atom. The number of hydrogen-bond donors (Lipinski definition) is 4. The number of rotatable bonds is 6. The number of fused-ring (bicyclic) bond motifs is 2.